The molecule has 3 rings (SSSR count). The van der Waals surface area contributed by atoms with Crippen molar-refractivity contribution < 1.29 is 28.1 Å². The van der Waals surface area contributed by atoms with Crippen LogP contribution in [0, 0.1) is 5.82 Å². The van der Waals surface area contributed by atoms with Gasteiger partial charge in [0.1, 0.15) is 11.9 Å². The van der Waals surface area contributed by atoms with E-state index in [9.17, 15) is 9.18 Å². The smallest absolute Gasteiger partial charge is 0.252 e. The standard InChI is InChI=1S/C22H30FNO5/c1-5-11-26-17-12-22(20(25)24-6-2,13-18-19(17)29-21(3,4)28-18)27-14-15-7-9-16(23)10-8-15/h5,7-10,17-19H,1,6,11-14H2,2-4H3,(H,24,25)/t17-,18-,19+,22-/m1/s1. The summed E-state index contributed by atoms with van der Waals surface area (Å²) < 4.78 is 37.5. The van der Waals surface area contributed by atoms with E-state index in [-0.39, 0.29) is 36.6 Å². The summed E-state index contributed by atoms with van der Waals surface area (Å²) in [4.78, 5) is 13.1. The molecule has 29 heavy (non-hydrogen) atoms. The Bertz CT molecular complexity index is 722. The third-order valence-electron chi connectivity index (χ3n) is 5.26. The normalized spacial score (nSPS) is 30.6. The van der Waals surface area contributed by atoms with Gasteiger partial charge in [-0.15, -0.1) is 6.58 Å². The van der Waals surface area contributed by atoms with Crippen LogP contribution in [0.15, 0.2) is 36.9 Å². The van der Waals surface area contributed by atoms with Gasteiger partial charge in [-0.05, 0) is 38.5 Å². The fourth-order valence-corrected chi connectivity index (χ4v) is 4.02. The third-order valence-corrected chi connectivity index (χ3v) is 5.26. The first-order valence-corrected chi connectivity index (χ1v) is 10.0. The predicted molar refractivity (Wildman–Crippen MR) is 106 cm³/mol. The van der Waals surface area contributed by atoms with Gasteiger partial charge in [0, 0.05) is 19.4 Å². The molecule has 6 nitrogen and oxygen atoms in total. The lowest BCUT2D eigenvalue weighted by Gasteiger charge is -2.43. The van der Waals surface area contributed by atoms with Gasteiger partial charge in [0.05, 0.1) is 25.4 Å². The van der Waals surface area contributed by atoms with Crippen LogP contribution >= 0.6 is 0 Å². The topological polar surface area (TPSA) is 66.0 Å². The highest BCUT2D eigenvalue weighted by molar-refractivity contribution is 5.85. The van der Waals surface area contributed by atoms with Crippen molar-refractivity contribution in [3.8, 4) is 0 Å². The van der Waals surface area contributed by atoms with Gasteiger partial charge in [0.25, 0.3) is 5.91 Å². The predicted octanol–water partition coefficient (Wildman–Crippen LogP) is 3.10. The first-order valence-electron chi connectivity index (χ1n) is 10.0. The summed E-state index contributed by atoms with van der Waals surface area (Å²) in [6, 6.07) is 6.05. The van der Waals surface area contributed by atoms with Gasteiger partial charge in [0.2, 0.25) is 0 Å². The molecule has 160 valence electrons. The molecule has 1 saturated carbocycles. The molecule has 7 heteroatoms. The molecular formula is C22H30FNO5. The maximum absolute atomic E-state index is 13.2. The Balaban J connectivity index is 1.85. The minimum Gasteiger partial charge on any atom is -0.371 e. The van der Waals surface area contributed by atoms with Gasteiger partial charge in [-0.2, -0.15) is 0 Å². The van der Waals surface area contributed by atoms with E-state index in [4.69, 9.17) is 18.9 Å². The van der Waals surface area contributed by atoms with E-state index in [1.165, 1.54) is 12.1 Å². The lowest BCUT2D eigenvalue weighted by molar-refractivity contribution is -0.180. The molecule has 4 atom stereocenters. The van der Waals surface area contributed by atoms with Crippen LogP contribution < -0.4 is 5.32 Å². The maximum Gasteiger partial charge on any atom is 0.252 e. The quantitative estimate of drug-likeness (QED) is 0.671. The SMILES string of the molecule is C=CCO[C@@H]1C[C@](OCc2ccc(F)cc2)(C(=O)NCC)C[C@H]2OC(C)(C)O[C@@H]12. The van der Waals surface area contributed by atoms with Crippen LogP contribution in [0.3, 0.4) is 0 Å². The number of carbonyl (C=O) groups is 1. The molecule has 1 heterocycles. The fourth-order valence-electron chi connectivity index (χ4n) is 4.02. The van der Waals surface area contributed by atoms with Gasteiger partial charge < -0.3 is 24.3 Å². The molecule has 0 spiro atoms. The first kappa shape index (κ1) is 21.9. The van der Waals surface area contributed by atoms with E-state index in [0.29, 0.717) is 26.0 Å². The van der Waals surface area contributed by atoms with Gasteiger partial charge in [-0.3, -0.25) is 4.79 Å². The Labute approximate surface area is 171 Å². The van der Waals surface area contributed by atoms with Crippen molar-refractivity contribution in [2.24, 2.45) is 0 Å². The molecule has 2 fully saturated rings. The molecule has 1 aliphatic heterocycles. The number of likely N-dealkylation sites (N-methyl/N-ethyl adjacent to an activating group) is 1. The molecule has 0 aromatic heterocycles. The van der Waals surface area contributed by atoms with Crippen molar-refractivity contribution in [1.82, 2.24) is 5.32 Å². The van der Waals surface area contributed by atoms with Crippen LogP contribution in [-0.2, 0) is 30.3 Å². The van der Waals surface area contributed by atoms with Crippen LogP contribution in [0.1, 0.15) is 39.2 Å². The Morgan fingerprint density at radius 2 is 2.03 bits per heavy atom. The average Bonchev–Trinajstić information content (AvgIpc) is 2.99. The maximum atomic E-state index is 13.2. The van der Waals surface area contributed by atoms with E-state index >= 15 is 0 Å². The van der Waals surface area contributed by atoms with Crippen LogP contribution in [0.25, 0.3) is 0 Å². The molecule has 2 aliphatic rings. The van der Waals surface area contributed by atoms with E-state index in [1.807, 2.05) is 20.8 Å². The van der Waals surface area contributed by atoms with E-state index in [2.05, 4.69) is 11.9 Å². The molecule has 0 bridgehead atoms. The second kappa shape index (κ2) is 8.92. The van der Waals surface area contributed by atoms with Gasteiger partial charge >= 0.3 is 0 Å². The lowest BCUT2D eigenvalue weighted by Crippen LogP contribution is -2.60. The molecule has 1 aliphatic carbocycles. The van der Waals surface area contributed by atoms with Gasteiger partial charge in [-0.1, -0.05) is 18.2 Å². The summed E-state index contributed by atoms with van der Waals surface area (Å²) in [6.45, 7) is 10.3. The van der Waals surface area contributed by atoms with Crippen LogP contribution in [-0.4, -0.2) is 48.8 Å². The van der Waals surface area contributed by atoms with Crippen LogP contribution in [0.5, 0.6) is 0 Å². The highest BCUT2D eigenvalue weighted by Gasteiger charge is 2.57. The number of fused-ring (bicyclic) bond motifs is 1. The molecule has 0 radical (unpaired) electrons. The summed E-state index contributed by atoms with van der Waals surface area (Å²) in [5.74, 6) is -1.29. The number of halogens is 1. The molecule has 1 saturated heterocycles. The molecule has 1 aromatic carbocycles. The van der Waals surface area contributed by atoms with E-state index in [0.717, 1.165) is 5.56 Å². The first-order chi connectivity index (χ1) is 13.8. The largest absolute Gasteiger partial charge is 0.371 e. The zero-order valence-electron chi connectivity index (χ0n) is 17.3. The molecular weight excluding hydrogens is 377 g/mol. The minimum atomic E-state index is -1.14. The molecule has 0 unspecified atom stereocenters. The summed E-state index contributed by atoms with van der Waals surface area (Å²) in [5.41, 5.74) is -0.356. The van der Waals surface area contributed by atoms with E-state index < -0.39 is 11.4 Å². The Hall–Kier alpha value is -1.80. The Kier molecular flexibility index (Phi) is 6.73. The number of benzene rings is 1. The zero-order valence-corrected chi connectivity index (χ0v) is 17.3. The molecule has 1 amide bonds. The van der Waals surface area contributed by atoms with Crippen molar-refractivity contribution in [3.63, 3.8) is 0 Å². The highest BCUT2D eigenvalue weighted by atomic mass is 19.1. The zero-order chi connectivity index (χ0) is 21.1. The number of nitrogens with one attached hydrogen (secondary N) is 1. The highest BCUT2D eigenvalue weighted by Crippen LogP contribution is 2.44. The van der Waals surface area contributed by atoms with Crippen LogP contribution in [0.4, 0.5) is 4.39 Å². The summed E-state index contributed by atoms with van der Waals surface area (Å²) in [7, 11) is 0. The average molecular weight is 407 g/mol. The van der Waals surface area contributed by atoms with Crippen molar-refractivity contribution >= 4 is 5.91 Å². The summed E-state index contributed by atoms with van der Waals surface area (Å²) >= 11 is 0. The number of hydrogen-bond donors (Lipinski definition) is 1. The Morgan fingerprint density at radius 1 is 1.31 bits per heavy atom. The van der Waals surface area contributed by atoms with Crippen LogP contribution in [0.2, 0.25) is 0 Å². The number of hydrogen-bond acceptors (Lipinski definition) is 5. The van der Waals surface area contributed by atoms with Crippen molar-refractivity contribution in [2.45, 2.75) is 69.9 Å². The molecule has 1 N–H and O–H groups in total. The summed E-state index contributed by atoms with van der Waals surface area (Å²) in [6.07, 6.45) is 1.32. The molecule has 1 aromatic rings. The lowest BCUT2D eigenvalue weighted by atomic mass is 9.78. The second-order valence-corrected chi connectivity index (χ2v) is 7.98. The number of ether oxygens (including phenoxy) is 4. The van der Waals surface area contributed by atoms with E-state index in [1.54, 1.807) is 18.2 Å². The number of amides is 1. The van der Waals surface area contributed by atoms with Crippen molar-refractivity contribution in [3.05, 3.63) is 48.3 Å². The summed E-state index contributed by atoms with van der Waals surface area (Å²) in [5, 5.41) is 2.88. The number of carbonyl (C=O) groups excluding carboxylic acids is 1. The van der Waals surface area contributed by atoms with Gasteiger partial charge in [-0.25, -0.2) is 4.39 Å². The van der Waals surface area contributed by atoms with Crippen molar-refractivity contribution in [2.75, 3.05) is 13.2 Å². The monoisotopic (exact) mass is 407 g/mol. The van der Waals surface area contributed by atoms with Gasteiger partial charge in [0.15, 0.2) is 11.4 Å². The second-order valence-electron chi connectivity index (χ2n) is 7.98. The minimum absolute atomic E-state index is 0.174. The fraction of sp³-hybridized carbons (Fsp3) is 0.591. The van der Waals surface area contributed by atoms with Crippen molar-refractivity contribution in [1.29, 1.82) is 0 Å². The Morgan fingerprint density at radius 3 is 2.69 bits per heavy atom. The third kappa shape index (κ3) is 5.04. The number of rotatable bonds is 8.